The van der Waals surface area contributed by atoms with E-state index >= 15 is 0 Å². The largest absolute Gasteiger partial charge is 0.370 e. The van der Waals surface area contributed by atoms with Gasteiger partial charge in [0.1, 0.15) is 18.0 Å². The summed E-state index contributed by atoms with van der Waals surface area (Å²) in [5.41, 5.74) is 3.34. The Bertz CT molecular complexity index is 626. The van der Waals surface area contributed by atoms with Gasteiger partial charge in [0.2, 0.25) is 0 Å². The van der Waals surface area contributed by atoms with E-state index in [1.807, 2.05) is 6.07 Å². The molecule has 0 saturated heterocycles. The van der Waals surface area contributed by atoms with Crippen molar-refractivity contribution in [3.05, 3.63) is 40.1 Å². The summed E-state index contributed by atoms with van der Waals surface area (Å²) in [7, 11) is 0. The standard InChI is InChI=1S/C16H21BrN4/c1-5-18-15-14(10(2)3)16(20-9-19-15)21-13-7-6-12(17)8-11(13)4/h6-10H,5H2,1-4H3,(H2,18,19,20,21). The van der Waals surface area contributed by atoms with Crippen molar-refractivity contribution in [2.75, 3.05) is 17.2 Å². The minimum atomic E-state index is 0.332. The highest BCUT2D eigenvalue weighted by Crippen LogP contribution is 2.31. The molecule has 0 aliphatic carbocycles. The fourth-order valence-corrected chi connectivity index (χ4v) is 2.72. The lowest BCUT2D eigenvalue weighted by Gasteiger charge is -2.18. The zero-order valence-corrected chi connectivity index (χ0v) is 14.5. The third-order valence-corrected chi connectivity index (χ3v) is 3.74. The molecule has 2 rings (SSSR count). The van der Waals surface area contributed by atoms with Gasteiger partial charge in [-0.3, -0.25) is 0 Å². The molecule has 1 heterocycles. The van der Waals surface area contributed by atoms with E-state index in [9.17, 15) is 0 Å². The van der Waals surface area contributed by atoms with Gasteiger partial charge in [0, 0.05) is 22.3 Å². The van der Waals surface area contributed by atoms with Crippen LogP contribution in [-0.4, -0.2) is 16.5 Å². The second-order valence-electron chi connectivity index (χ2n) is 5.25. The highest BCUT2D eigenvalue weighted by atomic mass is 79.9. The van der Waals surface area contributed by atoms with Gasteiger partial charge >= 0.3 is 0 Å². The number of benzene rings is 1. The molecule has 0 spiro atoms. The average Bonchev–Trinajstić information content (AvgIpc) is 2.42. The molecule has 2 aromatic rings. The van der Waals surface area contributed by atoms with Crippen LogP contribution in [0.2, 0.25) is 0 Å². The Morgan fingerprint density at radius 3 is 2.52 bits per heavy atom. The molecule has 0 amide bonds. The third kappa shape index (κ3) is 3.73. The first-order valence-electron chi connectivity index (χ1n) is 7.14. The van der Waals surface area contributed by atoms with Gasteiger partial charge in [-0.1, -0.05) is 29.8 Å². The molecule has 4 nitrogen and oxygen atoms in total. The molecular weight excluding hydrogens is 328 g/mol. The fraction of sp³-hybridized carbons (Fsp3) is 0.375. The van der Waals surface area contributed by atoms with Crippen molar-refractivity contribution in [1.82, 2.24) is 9.97 Å². The zero-order valence-electron chi connectivity index (χ0n) is 12.9. The van der Waals surface area contributed by atoms with E-state index in [0.29, 0.717) is 5.92 Å². The minimum Gasteiger partial charge on any atom is -0.370 e. The number of aryl methyl sites for hydroxylation is 1. The summed E-state index contributed by atoms with van der Waals surface area (Å²) in [5, 5.41) is 6.74. The van der Waals surface area contributed by atoms with Crippen molar-refractivity contribution in [3.63, 3.8) is 0 Å². The topological polar surface area (TPSA) is 49.8 Å². The predicted octanol–water partition coefficient (Wildman–Crippen LogP) is 4.85. The lowest BCUT2D eigenvalue weighted by molar-refractivity contribution is 0.849. The number of aromatic nitrogens is 2. The predicted molar refractivity (Wildman–Crippen MR) is 92.4 cm³/mol. The molecule has 112 valence electrons. The molecule has 0 saturated carbocycles. The second kappa shape index (κ2) is 6.89. The van der Waals surface area contributed by atoms with Crippen molar-refractivity contribution in [2.45, 2.75) is 33.6 Å². The first kappa shape index (κ1) is 15.8. The van der Waals surface area contributed by atoms with E-state index in [0.717, 1.165) is 33.9 Å². The number of hydrogen-bond donors (Lipinski definition) is 2. The van der Waals surface area contributed by atoms with Crippen LogP contribution in [-0.2, 0) is 0 Å². The Labute approximate surface area is 134 Å². The number of nitrogens with one attached hydrogen (secondary N) is 2. The molecular formula is C16H21BrN4. The number of hydrogen-bond acceptors (Lipinski definition) is 4. The summed E-state index contributed by atoms with van der Waals surface area (Å²) < 4.78 is 1.07. The maximum atomic E-state index is 4.43. The van der Waals surface area contributed by atoms with Gasteiger partial charge in [0.25, 0.3) is 0 Å². The minimum absolute atomic E-state index is 0.332. The summed E-state index contributed by atoms with van der Waals surface area (Å²) >= 11 is 3.49. The van der Waals surface area contributed by atoms with Gasteiger partial charge in [-0.05, 0) is 43.5 Å². The van der Waals surface area contributed by atoms with E-state index in [4.69, 9.17) is 0 Å². The summed E-state index contributed by atoms with van der Waals surface area (Å²) in [6, 6.07) is 6.17. The number of nitrogens with zero attached hydrogens (tertiary/aromatic N) is 2. The quantitative estimate of drug-likeness (QED) is 0.810. The van der Waals surface area contributed by atoms with Gasteiger partial charge in [0.15, 0.2) is 0 Å². The molecule has 0 aliphatic heterocycles. The van der Waals surface area contributed by atoms with Crippen LogP contribution in [0.3, 0.4) is 0 Å². The smallest absolute Gasteiger partial charge is 0.139 e. The SMILES string of the molecule is CCNc1ncnc(Nc2ccc(Br)cc2C)c1C(C)C. The summed E-state index contributed by atoms with van der Waals surface area (Å²) in [6.07, 6.45) is 1.60. The number of rotatable bonds is 5. The van der Waals surface area contributed by atoms with E-state index in [1.54, 1.807) is 6.33 Å². The van der Waals surface area contributed by atoms with Crippen molar-refractivity contribution in [1.29, 1.82) is 0 Å². The molecule has 0 atom stereocenters. The van der Waals surface area contributed by atoms with E-state index in [-0.39, 0.29) is 0 Å². The van der Waals surface area contributed by atoms with Crippen LogP contribution in [0.25, 0.3) is 0 Å². The van der Waals surface area contributed by atoms with Crippen LogP contribution in [0.1, 0.15) is 37.8 Å². The summed E-state index contributed by atoms with van der Waals surface area (Å²) in [4.78, 5) is 8.79. The van der Waals surface area contributed by atoms with E-state index in [2.05, 4.69) is 76.4 Å². The molecule has 1 aromatic carbocycles. The Morgan fingerprint density at radius 1 is 1.19 bits per heavy atom. The van der Waals surface area contributed by atoms with Crippen LogP contribution in [0, 0.1) is 6.92 Å². The molecule has 0 aliphatic rings. The Hall–Kier alpha value is -1.62. The number of anilines is 3. The van der Waals surface area contributed by atoms with Gasteiger partial charge < -0.3 is 10.6 Å². The first-order chi connectivity index (χ1) is 10.0. The Morgan fingerprint density at radius 2 is 1.90 bits per heavy atom. The van der Waals surface area contributed by atoms with Crippen molar-refractivity contribution >= 4 is 33.3 Å². The molecule has 21 heavy (non-hydrogen) atoms. The van der Waals surface area contributed by atoms with Crippen LogP contribution < -0.4 is 10.6 Å². The zero-order chi connectivity index (χ0) is 15.4. The highest BCUT2D eigenvalue weighted by molar-refractivity contribution is 9.10. The highest BCUT2D eigenvalue weighted by Gasteiger charge is 2.15. The molecule has 1 aromatic heterocycles. The maximum absolute atomic E-state index is 4.43. The van der Waals surface area contributed by atoms with Gasteiger partial charge in [-0.15, -0.1) is 0 Å². The Kier molecular flexibility index (Phi) is 5.17. The summed E-state index contributed by atoms with van der Waals surface area (Å²) in [5.74, 6) is 2.10. The van der Waals surface area contributed by atoms with Crippen molar-refractivity contribution < 1.29 is 0 Å². The van der Waals surface area contributed by atoms with Gasteiger partial charge in [-0.25, -0.2) is 9.97 Å². The lowest BCUT2D eigenvalue weighted by atomic mass is 10.0. The monoisotopic (exact) mass is 348 g/mol. The summed E-state index contributed by atoms with van der Waals surface area (Å²) in [6.45, 7) is 9.29. The van der Waals surface area contributed by atoms with Crippen molar-refractivity contribution in [3.8, 4) is 0 Å². The van der Waals surface area contributed by atoms with Crippen LogP contribution in [0.4, 0.5) is 17.3 Å². The normalized spacial score (nSPS) is 10.8. The first-order valence-corrected chi connectivity index (χ1v) is 7.94. The van der Waals surface area contributed by atoms with Gasteiger partial charge in [-0.2, -0.15) is 0 Å². The average molecular weight is 349 g/mol. The van der Waals surface area contributed by atoms with Crippen LogP contribution in [0.5, 0.6) is 0 Å². The molecule has 0 bridgehead atoms. The molecule has 5 heteroatoms. The maximum Gasteiger partial charge on any atom is 0.139 e. The molecule has 0 radical (unpaired) electrons. The van der Waals surface area contributed by atoms with E-state index < -0.39 is 0 Å². The van der Waals surface area contributed by atoms with Crippen LogP contribution >= 0.6 is 15.9 Å². The molecule has 0 fully saturated rings. The van der Waals surface area contributed by atoms with E-state index in [1.165, 1.54) is 5.56 Å². The lowest BCUT2D eigenvalue weighted by Crippen LogP contribution is -2.09. The number of halogens is 1. The van der Waals surface area contributed by atoms with Crippen LogP contribution in [0.15, 0.2) is 29.0 Å². The third-order valence-electron chi connectivity index (χ3n) is 3.25. The van der Waals surface area contributed by atoms with Gasteiger partial charge in [0.05, 0.1) is 0 Å². The fourth-order valence-electron chi connectivity index (χ4n) is 2.25. The molecule has 0 unspecified atom stereocenters. The second-order valence-corrected chi connectivity index (χ2v) is 6.17. The molecule has 2 N–H and O–H groups in total. The Balaban J connectivity index is 2.41. The van der Waals surface area contributed by atoms with Crippen molar-refractivity contribution in [2.24, 2.45) is 0 Å².